The molecular formula is C9H12N2O4S. The average Bonchev–Trinajstić information content (AvgIpc) is 2.48. The molecule has 1 rings (SSSR count). The van der Waals surface area contributed by atoms with Gasteiger partial charge in [-0.3, -0.25) is 15.4 Å². The molecule has 0 aliphatic rings. The van der Waals surface area contributed by atoms with Gasteiger partial charge in [-0.1, -0.05) is 0 Å². The van der Waals surface area contributed by atoms with E-state index in [0.717, 1.165) is 11.3 Å². The van der Waals surface area contributed by atoms with E-state index in [0.29, 0.717) is 5.00 Å². The van der Waals surface area contributed by atoms with Gasteiger partial charge < -0.3 is 4.74 Å². The maximum Gasteiger partial charge on any atom is 0.412 e. The Kier molecular flexibility index (Phi) is 3.48. The summed E-state index contributed by atoms with van der Waals surface area (Å²) < 4.78 is 5.00. The second-order valence-electron chi connectivity index (χ2n) is 4.05. The lowest BCUT2D eigenvalue weighted by Gasteiger charge is -2.19. The molecule has 16 heavy (non-hydrogen) atoms. The van der Waals surface area contributed by atoms with Crippen LogP contribution >= 0.6 is 11.3 Å². The molecule has 0 atom stereocenters. The number of hydrogen-bond acceptors (Lipinski definition) is 5. The third-order valence-corrected chi connectivity index (χ3v) is 2.25. The fourth-order valence-electron chi connectivity index (χ4n) is 0.892. The Morgan fingerprint density at radius 3 is 2.62 bits per heavy atom. The standard InChI is InChI=1S/C9H12N2O4S/c1-9(2,3)15-8(12)10-7-4-6(5-16-7)11(13)14/h4-5H,1-3H3,(H,10,12). The smallest absolute Gasteiger partial charge is 0.412 e. The molecule has 0 spiro atoms. The maximum absolute atomic E-state index is 11.3. The summed E-state index contributed by atoms with van der Waals surface area (Å²) in [5.41, 5.74) is -0.635. The van der Waals surface area contributed by atoms with Crippen molar-refractivity contribution >= 4 is 28.1 Å². The Morgan fingerprint density at radius 2 is 2.19 bits per heavy atom. The molecule has 0 aliphatic carbocycles. The monoisotopic (exact) mass is 244 g/mol. The predicted octanol–water partition coefficient (Wildman–Crippen LogP) is 3.00. The van der Waals surface area contributed by atoms with Gasteiger partial charge in [-0.2, -0.15) is 0 Å². The number of amides is 1. The number of anilines is 1. The molecule has 0 aliphatic heterocycles. The van der Waals surface area contributed by atoms with Gasteiger partial charge in [0.05, 0.1) is 16.4 Å². The molecule has 1 aromatic heterocycles. The highest BCUT2D eigenvalue weighted by molar-refractivity contribution is 7.14. The lowest BCUT2D eigenvalue weighted by molar-refractivity contribution is -0.384. The molecule has 0 unspecified atom stereocenters. The topological polar surface area (TPSA) is 81.5 Å². The fraction of sp³-hybridized carbons (Fsp3) is 0.444. The van der Waals surface area contributed by atoms with Crippen molar-refractivity contribution in [3.63, 3.8) is 0 Å². The van der Waals surface area contributed by atoms with Crippen LogP contribution in [0.25, 0.3) is 0 Å². The number of carbonyl (C=O) groups excluding carboxylic acids is 1. The number of carbonyl (C=O) groups is 1. The molecule has 1 aromatic rings. The molecular weight excluding hydrogens is 232 g/mol. The van der Waals surface area contributed by atoms with Crippen LogP contribution in [0.5, 0.6) is 0 Å². The number of rotatable bonds is 2. The summed E-state index contributed by atoms with van der Waals surface area (Å²) >= 11 is 1.08. The van der Waals surface area contributed by atoms with Crippen molar-refractivity contribution < 1.29 is 14.5 Å². The van der Waals surface area contributed by atoms with Crippen molar-refractivity contribution in [2.24, 2.45) is 0 Å². The summed E-state index contributed by atoms with van der Waals surface area (Å²) in [7, 11) is 0. The van der Waals surface area contributed by atoms with E-state index in [1.165, 1.54) is 11.4 Å². The first-order chi connectivity index (χ1) is 7.28. The van der Waals surface area contributed by atoms with E-state index >= 15 is 0 Å². The van der Waals surface area contributed by atoms with Gasteiger partial charge in [0.2, 0.25) is 0 Å². The first kappa shape index (κ1) is 12.4. The molecule has 0 aromatic carbocycles. The number of ether oxygens (including phenoxy) is 1. The van der Waals surface area contributed by atoms with Crippen LogP contribution in [0.1, 0.15) is 20.8 Å². The molecule has 0 bridgehead atoms. The van der Waals surface area contributed by atoms with Crippen LogP contribution in [-0.2, 0) is 4.74 Å². The Morgan fingerprint density at radius 1 is 1.56 bits per heavy atom. The van der Waals surface area contributed by atoms with Gasteiger partial charge in [-0.25, -0.2) is 4.79 Å². The predicted molar refractivity (Wildman–Crippen MR) is 60.8 cm³/mol. The van der Waals surface area contributed by atoms with E-state index in [9.17, 15) is 14.9 Å². The minimum atomic E-state index is -0.621. The summed E-state index contributed by atoms with van der Waals surface area (Å²) in [4.78, 5) is 21.2. The number of hydrogen-bond donors (Lipinski definition) is 1. The molecule has 0 fully saturated rings. The van der Waals surface area contributed by atoms with Gasteiger partial charge in [0, 0.05) is 0 Å². The van der Waals surface area contributed by atoms with Crippen LogP contribution < -0.4 is 5.32 Å². The molecule has 6 nitrogen and oxygen atoms in total. The third-order valence-electron chi connectivity index (χ3n) is 1.42. The Balaban J connectivity index is 2.60. The van der Waals surface area contributed by atoms with E-state index in [1.54, 1.807) is 20.8 Å². The molecule has 0 saturated carbocycles. The van der Waals surface area contributed by atoms with Crippen LogP contribution in [0.3, 0.4) is 0 Å². The van der Waals surface area contributed by atoms with Crippen molar-refractivity contribution in [3.05, 3.63) is 21.6 Å². The van der Waals surface area contributed by atoms with Crippen LogP contribution in [-0.4, -0.2) is 16.6 Å². The Hall–Kier alpha value is -1.63. The second-order valence-corrected chi connectivity index (χ2v) is 4.96. The van der Waals surface area contributed by atoms with Gasteiger partial charge in [-0.15, -0.1) is 11.3 Å². The van der Waals surface area contributed by atoms with Gasteiger partial charge in [0.25, 0.3) is 5.69 Å². The van der Waals surface area contributed by atoms with Gasteiger partial charge in [0.15, 0.2) is 0 Å². The van der Waals surface area contributed by atoms with E-state index in [4.69, 9.17) is 4.74 Å². The van der Waals surface area contributed by atoms with Gasteiger partial charge >= 0.3 is 6.09 Å². The SMILES string of the molecule is CC(C)(C)OC(=O)Nc1cc([N+](=O)[O-])cs1. The highest BCUT2D eigenvalue weighted by Gasteiger charge is 2.17. The molecule has 0 radical (unpaired) electrons. The zero-order valence-electron chi connectivity index (χ0n) is 9.14. The molecule has 7 heteroatoms. The summed E-state index contributed by atoms with van der Waals surface area (Å²) in [6.45, 7) is 5.22. The molecule has 0 saturated heterocycles. The minimum absolute atomic E-state index is 0.0453. The minimum Gasteiger partial charge on any atom is -0.444 e. The number of nitro groups is 1. The van der Waals surface area contributed by atoms with Crippen LogP contribution in [0.2, 0.25) is 0 Å². The highest BCUT2D eigenvalue weighted by Crippen LogP contribution is 2.26. The third kappa shape index (κ3) is 3.85. The zero-order valence-corrected chi connectivity index (χ0v) is 9.96. The normalized spacial score (nSPS) is 10.9. The van der Waals surface area contributed by atoms with Crippen LogP contribution in [0, 0.1) is 10.1 Å². The highest BCUT2D eigenvalue weighted by atomic mass is 32.1. The zero-order chi connectivity index (χ0) is 12.3. The maximum atomic E-state index is 11.3. The van der Waals surface area contributed by atoms with Crippen molar-refractivity contribution in [1.29, 1.82) is 0 Å². The van der Waals surface area contributed by atoms with Gasteiger partial charge in [-0.05, 0) is 20.8 Å². The van der Waals surface area contributed by atoms with Crippen molar-refractivity contribution in [3.8, 4) is 0 Å². The molecule has 1 N–H and O–H groups in total. The number of nitrogens with zero attached hydrogens (tertiary/aromatic N) is 1. The summed E-state index contributed by atoms with van der Waals surface area (Å²) in [5.74, 6) is 0. The fourth-order valence-corrected chi connectivity index (χ4v) is 1.62. The van der Waals surface area contributed by atoms with Crippen LogP contribution in [0.4, 0.5) is 15.5 Å². The average molecular weight is 244 g/mol. The van der Waals surface area contributed by atoms with Crippen molar-refractivity contribution in [2.75, 3.05) is 5.32 Å². The summed E-state index contributed by atoms with van der Waals surface area (Å²) in [6, 6.07) is 1.29. The van der Waals surface area contributed by atoms with E-state index in [-0.39, 0.29) is 5.69 Å². The summed E-state index contributed by atoms with van der Waals surface area (Å²) in [5, 5.41) is 14.6. The van der Waals surface area contributed by atoms with Crippen molar-refractivity contribution in [2.45, 2.75) is 26.4 Å². The van der Waals surface area contributed by atoms with E-state index in [1.807, 2.05) is 0 Å². The first-order valence-corrected chi connectivity index (χ1v) is 5.39. The molecule has 1 amide bonds. The van der Waals surface area contributed by atoms with Crippen molar-refractivity contribution in [1.82, 2.24) is 0 Å². The Bertz CT molecular complexity index is 408. The second kappa shape index (κ2) is 4.48. The molecule has 1 heterocycles. The first-order valence-electron chi connectivity index (χ1n) is 4.51. The van der Waals surface area contributed by atoms with Gasteiger partial charge in [0.1, 0.15) is 10.6 Å². The number of thiophene rings is 1. The number of nitrogens with one attached hydrogen (secondary N) is 1. The quantitative estimate of drug-likeness (QED) is 0.640. The van der Waals surface area contributed by atoms with E-state index in [2.05, 4.69) is 5.32 Å². The largest absolute Gasteiger partial charge is 0.444 e. The van der Waals surface area contributed by atoms with Crippen LogP contribution in [0.15, 0.2) is 11.4 Å². The lowest BCUT2D eigenvalue weighted by atomic mass is 10.2. The summed E-state index contributed by atoms with van der Waals surface area (Å²) in [6.07, 6.45) is -0.621. The van der Waals surface area contributed by atoms with E-state index < -0.39 is 16.6 Å². The lowest BCUT2D eigenvalue weighted by Crippen LogP contribution is -2.26. The Labute approximate surface area is 96.4 Å². The molecule has 88 valence electrons.